The Morgan fingerprint density at radius 2 is 1.22 bits per heavy atom. The highest BCUT2D eigenvalue weighted by molar-refractivity contribution is 5.45. The molecule has 0 unspecified atom stereocenters. The van der Waals surface area contributed by atoms with Gasteiger partial charge in [-0.2, -0.15) is 0 Å². The quantitative estimate of drug-likeness (QED) is 0.740. The first-order valence-electron chi connectivity index (χ1n) is 8.22. The highest BCUT2D eigenvalue weighted by Crippen LogP contribution is 2.15. The van der Waals surface area contributed by atoms with Crippen molar-refractivity contribution in [1.82, 2.24) is 9.80 Å². The Morgan fingerprint density at radius 1 is 0.652 bits per heavy atom. The van der Waals surface area contributed by atoms with Crippen LogP contribution in [0.15, 0.2) is 54.6 Å². The van der Waals surface area contributed by atoms with Crippen molar-refractivity contribution >= 4 is 5.69 Å². The molecule has 3 heteroatoms. The molecule has 3 nitrogen and oxygen atoms in total. The van der Waals surface area contributed by atoms with Gasteiger partial charge in [-0.3, -0.25) is 4.90 Å². The summed E-state index contributed by atoms with van der Waals surface area (Å²) < 4.78 is 0. The molecule has 0 bridgehead atoms. The van der Waals surface area contributed by atoms with E-state index in [-0.39, 0.29) is 0 Å². The van der Waals surface area contributed by atoms with Gasteiger partial charge in [0.05, 0.1) is 0 Å². The zero-order valence-corrected chi connectivity index (χ0v) is 14.9. The fourth-order valence-electron chi connectivity index (χ4n) is 2.55. The van der Waals surface area contributed by atoms with E-state index in [0.717, 1.165) is 26.2 Å². The Labute approximate surface area is 141 Å². The molecule has 124 valence electrons. The molecule has 0 saturated heterocycles. The van der Waals surface area contributed by atoms with E-state index in [9.17, 15) is 0 Å². The van der Waals surface area contributed by atoms with Gasteiger partial charge in [-0.25, -0.2) is 0 Å². The Hall–Kier alpha value is -1.84. The van der Waals surface area contributed by atoms with Crippen LogP contribution in [0.4, 0.5) is 5.69 Å². The van der Waals surface area contributed by atoms with Crippen molar-refractivity contribution in [3.05, 3.63) is 65.7 Å². The van der Waals surface area contributed by atoms with E-state index in [2.05, 4.69) is 97.5 Å². The molecule has 2 aromatic rings. The van der Waals surface area contributed by atoms with E-state index >= 15 is 0 Å². The van der Waals surface area contributed by atoms with Crippen LogP contribution in [-0.4, -0.2) is 51.1 Å². The highest BCUT2D eigenvalue weighted by Gasteiger charge is 2.08. The maximum absolute atomic E-state index is 2.51. The predicted octanol–water partition coefficient (Wildman–Crippen LogP) is 3.32. The average Bonchev–Trinajstić information content (AvgIpc) is 2.54. The van der Waals surface area contributed by atoms with Gasteiger partial charge in [0.15, 0.2) is 0 Å². The van der Waals surface area contributed by atoms with Gasteiger partial charge in [0, 0.05) is 46.0 Å². The lowest BCUT2D eigenvalue weighted by Gasteiger charge is -2.24. The minimum Gasteiger partial charge on any atom is -0.378 e. The third-order valence-corrected chi connectivity index (χ3v) is 3.97. The Balaban J connectivity index is 2.03. The summed E-state index contributed by atoms with van der Waals surface area (Å²) in [5.74, 6) is 0. The molecule has 0 aliphatic carbocycles. The van der Waals surface area contributed by atoms with Crippen LogP contribution in [0.2, 0.25) is 0 Å². The fraction of sp³-hybridized carbons (Fsp3) is 0.400. The molecule has 2 rings (SSSR count). The molecule has 0 atom stereocenters. The van der Waals surface area contributed by atoms with Crippen LogP contribution in [0.25, 0.3) is 0 Å². The topological polar surface area (TPSA) is 9.72 Å². The Bertz CT molecular complexity index is 561. The maximum Gasteiger partial charge on any atom is 0.0361 e. The molecule has 0 N–H and O–H groups in total. The SMILES string of the molecule is CN(C)CCN(Cc1ccccc1)Cc1ccc(N(C)C)cc1. The molecule has 0 saturated carbocycles. The van der Waals surface area contributed by atoms with Gasteiger partial charge in [-0.1, -0.05) is 42.5 Å². The minimum absolute atomic E-state index is 0.983. The van der Waals surface area contributed by atoms with Crippen molar-refractivity contribution in [2.75, 3.05) is 46.2 Å². The molecule has 2 aromatic carbocycles. The van der Waals surface area contributed by atoms with Crippen LogP contribution in [-0.2, 0) is 13.1 Å². The largest absolute Gasteiger partial charge is 0.378 e. The van der Waals surface area contributed by atoms with E-state index in [1.165, 1.54) is 16.8 Å². The summed E-state index contributed by atoms with van der Waals surface area (Å²) >= 11 is 0. The lowest BCUT2D eigenvalue weighted by molar-refractivity contribution is 0.226. The first-order chi connectivity index (χ1) is 11.0. The molecule has 0 aromatic heterocycles. The van der Waals surface area contributed by atoms with Gasteiger partial charge in [0.1, 0.15) is 0 Å². The van der Waals surface area contributed by atoms with Crippen molar-refractivity contribution in [3.63, 3.8) is 0 Å². The standard InChI is InChI=1S/C20H29N3/c1-21(2)14-15-23(16-18-8-6-5-7-9-18)17-19-10-12-20(13-11-19)22(3)4/h5-13H,14-17H2,1-4H3. The van der Waals surface area contributed by atoms with Crippen molar-refractivity contribution < 1.29 is 0 Å². The first-order valence-corrected chi connectivity index (χ1v) is 8.22. The van der Waals surface area contributed by atoms with E-state index in [0.29, 0.717) is 0 Å². The Morgan fingerprint density at radius 3 is 1.74 bits per heavy atom. The van der Waals surface area contributed by atoms with Gasteiger partial charge < -0.3 is 9.80 Å². The van der Waals surface area contributed by atoms with Crippen molar-refractivity contribution in [3.8, 4) is 0 Å². The number of likely N-dealkylation sites (N-methyl/N-ethyl adjacent to an activating group) is 1. The fourth-order valence-corrected chi connectivity index (χ4v) is 2.55. The lowest BCUT2D eigenvalue weighted by Crippen LogP contribution is -2.31. The monoisotopic (exact) mass is 311 g/mol. The first kappa shape index (κ1) is 17.5. The molecular weight excluding hydrogens is 282 g/mol. The molecule has 0 aliphatic rings. The van der Waals surface area contributed by atoms with E-state index in [1.807, 2.05) is 0 Å². The molecule has 0 radical (unpaired) electrons. The number of hydrogen-bond donors (Lipinski definition) is 0. The molecule has 0 fully saturated rings. The second-order valence-electron chi connectivity index (χ2n) is 6.56. The molecule has 23 heavy (non-hydrogen) atoms. The highest BCUT2D eigenvalue weighted by atomic mass is 15.2. The van der Waals surface area contributed by atoms with Crippen molar-refractivity contribution in [1.29, 1.82) is 0 Å². The maximum atomic E-state index is 2.51. The summed E-state index contributed by atoms with van der Waals surface area (Å²) in [6, 6.07) is 19.6. The smallest absolute Gasteiger partial charge is 0.0361 e. The number of hydrogen-bond acceptors (Lipinski definition) is 3. The summed E-state index contributed by atoms with van der Waals surface area (Å²) in [7, 11) is 8.42. The molecule has 0 aliphatic heterocycles. The zero-order chi connectivity index (χ0) is 16.7. The van der Waals surface area contributed by atoms with E-state index < -0.39 is 0 Å². The van der Waals surface area contributed by atoms with Crippen LogP contribution in [0.5, 0.6) is 0 Å². The number of anilines is 1. The lowest BCUT2D eigenvalue weighted by atomic mass is 10.1. The van der Waals surface area contributed by atoms with Crippen LogP contribution in [0.1, 0.15) is 11.1 Å². The van der Waals surface area contributed by atoms with E-state index in [4.69, 9.17) is 0 Å². The summed E-state index contributed by atoms with van der Waals surface area (Å²) in [5, 5.41) is 0. The van der Waals surface area contributed by atoms with Gasteiger partial charge in [-0.15, -0.1) is 0 Å². The number of benzene rings is 2. The van der Waals surface area contributed by atoms with Gasteiger partial charge in [0.2, 0.25) is 0 Å². The van der Waals surface area contributed by atoms with Crippen molar-refractivity contribution in [2.45, 2.75) is 13.1 Å². The molecule has 0 heterocycles. The summed E-state index contributed by atoms with van der Waals surface area (Å²) in [4.78, 5) is 6.89. The third kappa shape index (κ3) is 6.05. The molecular formula is C20H29N3. The van der Waals surface area contributed by atoms with Crippen molar-refractivity contribution in [2.24, 2.45) is 0 Å². The van der Waals surface area contributed by atoms with Crippen LogP contribution < -0.4 is 4.90 Å². The second kappa shape index (κ2) is 8.70. The van der Waals surface area contributed by atoms with Gasteiger partial charge >= 0.3 is 0 Å². The number of nitrogens with zero attached hydrogens (tertiary/aromatic N) is 3. The van der Waals surface area contributed by atoms with Gasteiger partial charge in [0.25, 0.3) is 0 Å². The van der Waals surface area contributed by atoms with Crippen LogP contribution >= 0.6 is 0 Å². The predicted molar refractivity (Wildman–Crippen MR) is 99.9 cm³/mol. The van der Waals surface area contributed by atoms with Crippen LogP contribution in [0, 0.1) is 0 Å². The average molecular weight is 311 g/mol. The Kier molecular flexibility index (Phi) is 6.63. The second-order valence-corrected chi connectivity index (χ2v) is 6.56. The summed E-state index contributed by atoms with van der Waals surface area (Å²) in [6.45, 7) is 4.11. The van der Waals surface area contributed by atoms with Gasteiger partial charge in [-0.05, 0) is 37.4 Å². The minimum atomic E-state index is 0.983. The third-order valence-electron chi connectivity index (χ3n) is 3.97. The molecule has 0 amide bonds. The van der Waals surface area contributed by atoms with E-state index in [1.54, 1.807) is 0 Å². The summed E-state index contributed by atoms with van der Waals surface area (Å²) in [5.41, 5.74) is 3.98. The molecule has 0 spiro atoms. The van der Waals surface area contributed by atoms with Crippen LogP contribution in [0.3, 0.4) is 0 Å². The summed E-state index contributed by atoms with van der Waals surface area (Å²) in [6.07, 6.45) is 0. The normalized spacial score (nSPS) is 11.2. The number of rotatable bonds is 8. The zero-order valence-electron chi connectivity index (χ0n) is 14.9.